The third-order valence-corrected chi connectivity index (χ3v) is 5.51. The summed E-state index contributed by atoms with van der Waals surface area (Å²) in [4.78, 5) is 5.58. The Morgan fingerprint density at radius 2 is 2.15 bits per heavy atom. The van der Waals surface area contributed by atoms with Crippen LogP contribution in [0, 0.1) is 0 Å². The van der Waals surface area contributed by atoms with Gasteiger partial charge in [0.2, 0.25) is 0 Å². The van der Waals surface area contributed by atoms with Crippen molar-refractivity contribution < 1.29 is 0 Å². The van der Waals surface area contributed by atoms with Crippen LogP contribution in [0.25, 0.3) is 0 Å². The lowest BCUT2D eigenvalue weighted by Crippen LogP contribution is -2.39. The molecule has 2 rings (SSSR count). The third kappa shape index (κ3) is 4.94. The molecule has 1 aliphatic rings. The minimum atomic E-state index is 0.745. The Kier molecular flexibility index (Phi) is 6.60. The van der Waals surface area contributed by atoms with Gasteiger partial charge in [0.15, 0.2) is 5.96 Å². The van der Waals surface area contributed by atoms with E-state index < -0.39 is 0 Å². The second-order valence-electron chi connectivity index (χ2n) is 4.79. The molecule has 1 aromatic carbocycles. The van der Waals surface area contributed by atoms with Crippen molar-refractivity contribution in [3.8, 4) is 0 Å². The lowest BCUT2D eigenvalue weighted by Gasteiger charge is -2.14. The molecule has 1 saturated heterocycles. The maximum atomic E-state index is 4.28. The van der Waals surface area contributed by atoms with Crippen molar-refractivity contribution in [1.29, 1.82) is 0 Å². The highest BCUT2D eigenvalue weighted by atomic mass is 32.2. The van der Waals surface area contributed by atoms with E-state index in [-0.39, 0.29) is 0 Å². The minimum absolute atomic E-state index is 0.745. The first kappa shape index (κ1) is 15.6. The van der Waals surface area contributed by atoms with Gasteiger partial charge in [-0.15, -0.1) is 11.8 Å². The van der Waals surface area contributed by atoms with Crippen molar-refractivity contribution in [2.75, 3.05) is 25.6 Å². The van der Waals surface area contributed by atoms with Gasteiger partial charge in [0.05, 0.1) is 0 Å². The van der Waals surface area contributed by atoms with E-state index in [4.69, 9.17) is 0 Å². The molecule has 0 amide bonds. The number of benzene rings is 1. The Morgan fingerprint density at radius 3 is 2.75 bits per heavy atom. The van der Waals surface area contributed by atoms with Crippen LogP contribution in [0.2, 0.25) is 0 Å². The molecule has 1 aliphatic heterocycles. The standard InChI is InChI=1S/C15H23N3S2/c1-16-15(18-11-14-4-3-9-20-14)17-10-12-5-7-13(19-2)8-6-12/h5-8,14H,3-4,9-11H2,1-2H3,(H2,16,17,18). The van der Waals surface area contributed by atoms with Gasteiger partial charge in [-0.25, -0.2) is 0 Å². The normalized spacial score (nSPS) is 19.1. The zero-order valence-corrected chi connectivity index (χ0v) is 13.8. The number of nitrogens with one attached hydrogen (secondary N) is 2. The van der Waals surface area contributed by atoms with E-state index in [1.807, 2.05) is 7.05 Å². The maximum Gasteiger partial charge on any atom is 0.191 e. The molecule has 1 atom stereocenters. The molecule has 0 aliphatic carbocycles. The smallest absolute Gasteiger partial charge is 0.191 e. The Hall–Kier alpha value is -0.810. The van der Waals surface area contributed by atoms with Gasteiger partial charge in [-0.2, -0.15) is 11.8 Å². The fourth-order valence-electron chi connectivity index (χ4n) is 2.17. The summed E-state index contributed by atoms with van der Waals surface area (Å²) in [6.07, 6.45) is 4.77. The first-order chi connectivity index (χ1) is 9.81. The summed E-state index contributed by atoms with van der Waals surface area (Å²) in [6, 6.07) is 8.65. The Bertz CT molecular complexity index is 425. The van der Waals surface area contributed by atoms with Crippen LogP contribution in [0.15, 0.2) is 34.2 Å². The number of nitrogens with zero attached hydrogens (tertiary/aromatic N) is 1. The highest BCUT2D eigenvalue weighted by Crippen LogP contribution is 2.25. The summed E-state index contributed by atoms with van der Waals surface area (Å²) in [5, 5.41) is 7.53. The summed E-state index contributed by atoms with van der Waals surface area (Å²) in [6.45, 7) is 1.82. The summed E-state index contributed by atoms with van der Waals surface area (Å²) in [5.41, 5.74) is 1.28. The zero-order chi connectivity index (χ0) is 14.2. The summed E-state index contributed by atoms with van der Waals surface area (Å²) in [5.74, 6) is 2.20. The number of hydrogen-bond donors (Lipinski definition) is 2. The van der Waals surface area contributed by atoms with Crippen LogP contribution in [-0.4, -0.2) is 36.8 Å². The molecular formula is C15H23N3S2. The second kappa shape index (κ2) is 8.47. The van der Waals surface area contributed by atoms with Crippen LogP contribution in [-0.2, 0) is 6.54 Å². The number of thioether (sulfide) groups is 2. The number of aliphatic imine (C=N–C) groups is 1. The molecule has 5 heteroatoms. The molecule has 0 radical (unpaired) electrons. The number of hydrogen-bond acceptors (Lipinski definition) is 3. The summed E-state index contributed by atoms with van der Waals surface area (Å²) < 4.78 is 0. The monoisotopic (exact) mass is 309 g/mol. The van der Waals surface area contributed by atoms with Crippen molar-refractivity contribution in [1.82, 2.24) is 10.6 Å². The van der Waals surface area contributed by atoms with E-state index in [2.05, 4.69) is 57.9 Å². The summed E-state index contributed by atoms with van der Waals surface area (Å²) in [7, 11) is 1.83. The molecule has 20 heavy (non-hydrogen) atoms. The zero-order valence-electron chi connectivity index (χ0n) is 12.2. The Balaban J connectivity index is 1.74. The van der Waals surface area contributed by atoms with Crippen molar-refractivity contribution in [2.45, 2.75) is 29.5 Å². The number of rotatable bonds is 5. The molecule has 0 bridgehead atoms. The molecule has 0 aromatic heterocycles. The van der Waals surface area contributed by atoms with Crippen LogP contribution < -0.4 is 10.6 Å². The predicted molar refractivity (Wildman–Crippen MR) is 91.9 cm³/mol. The van der Waals surface area contributed by atoms with Crippen LogP contribution in [0.4, 0.5) is 0 Å². The molecular weight excluding hydrogens is 286 g/mol. The average molecular weight is 310 g/mol. The van der Waals surface area contributed by atoms with Crippen molar-refractivity contribution in [3.63, 3.8) is 0 Å². The van der Waals surface area contributed by atoms with Gasteiger partial charge in [-0.1, -0.05) is 12.1 Å². The average Bonchev–Trinajstić information content (AvgIpc) is 3.01. The van der Waals surface area contributed by atoms with Crippen LogP contribution in [0.5, 0.6) is 0 Å². The topological polar surface area (TPSA) is 36.4 Å². The van der Waals surface area contributed by atoms with Gasteiger partial charge in [-0.3, -0.25) is 4.99 Å². The van der Waals surface area contributed by atoms with Crippen LogP contribution in [0.3, 0.4) is 0 Å². The molecule has 110 valence electrons. The first-order valence-electron chi connectivity index (χ1n) is 7.01. The van der Waals surface area contributed by atoms with E-state index in [0.29, 0.717) is 0 Å². The van der Waals surface area contributed by atoms with E-state index in [1.165, 1.54) is 29.1 Å². The largest absolute Gasteiger partial charge is 0.355 e. The second-order valence-corrected chi connectivity index (χ2v) is 7.08. The predicted octanol–water partition coefficient (Wildman–Crippen LogP) is 2.97. The fourth-order valence-corrected chi connectivity index (χ4v) is 3.78. The lowest BCUT2D eigenvalue weighted by atomic mass is 10.2. The lowest BCUT2D eigenvalue weighted by molar-refractivity contribution is 0.726. The highest BCUT2D eigenvalue weighted by molar-refractivity contribution is 8.00. The van der Waals surface area contributed by atoms with E-state index in [1.54, 1.807) is 11.8 Å². The van der Waals surface area contributed by atoms with Gasteiger partial charge in [0.25, 0.3) is 0 Å². The molecule has 3 nitrogen and oxygen atoms in total. The van der Waals surface area contributed by atoms with Gasteiger partial charge < -0.3 is 10.6 Å². The quantitative estimate of drug-likeness (QED) is 0.498. The molecule has 1 fully saturated rings. The van der Waals surface area contributed by atoms with Crippen molar-refractivity contribution >= 4 is 29.5 Å². The third-order valence-electron chi connectivity index (χ3n) is 3.36. The van der Waals surface area contributed by atoms with E-state index in [9.17, 15) is 0 Å². The fraction of sp³-hybridized carbons (Fsp3) is 0.533. The molecule has 1 unspecified atom stereocenters. The number of guanidine groups is 1. The molecule has 0 saturated carbocycles. The van der Waals surface area contributed by atoms with Crippen molar-refractivity contribution in [3.05, 3.63) is 29.8 Å². The molecule has 2 N–H and O–H groups in total. The minimum Gasteiger partial charge on any atom is -0.355 e. The Morgan fingerprint density at radius 1 is 1.35 bits per heavy atom. The SMILES string of the molecule is CN=C(NCc1ccc(SC)cc1)NCC1CCCS1. The van der Waals surface area contributed by atoms with Crippen molar-refractivity contribution in [2.24, 2.45) is 4.99 Å². The van der Waals surface area contributed by atoms with Gasteiger partial charge in [-0.05, 0) is 42.5 Å². The highest BCUT2D eigenvalue weighted by Gasteiger charge is 2.15. The molecule has 1 aromatic rings. The van der Waals surface area contributed by atoms with Crippen LogP contribution >= 0.6 is 23.5 Å². The summed E-state index contributed by atoms with van der Waals surface area (Å²) >= 11 is 3.84. The first-order valence-corrected chi connectivity index (χ1v) is 9.28. The Labute approximate surface area is 130 Å². The van der Waals surface area contributed by atoms with Gasteiger partial charge in [0.1, 0.15) is 0 Å². The maximum absolute atomic E-state index is 4.28. The molecule has 0 spiro atoms. The van der Waals surface area contributed by atoms with E-state index in [0.717, 1.165) is 24.3 Å². The van der Waals surface area contributed by atoms with Gasteiger partial charge >= 0.3 is 0 Å². The van der Waals surface area contributed by atoms with Crippen LogP contribution in [0.1, 0.15) is 18.4 Å². The van der Waals surface area contributed by atoms with Gasteiger partial charge in [0, 0.05) is 30.3 Å². The molecule has 1 heterocycles. The van der Waals surface area contributed by atoms with E-state index >= 15 is 0 Å².